The van der Waals surface area contributed by atoms with Crippen LogP contribution in [0.25, 0.3) is 0 Å². The maximum Gasteiger partial charge on any atom is 0.440 e. The van der Waals surface area contributed by atoms with E-state index >= 15 is 0 Å². The molecule has 9 heteroatoms. The molecule has 1 fully saturated rings. The average Bonchev–Trinajstić information content (AvgIpc) is 2.51. The zero-order chi connectivity index (χ0) is 11.1. The second kappa shape index (κ2) is 3.38. The van der Waals surface area contributed by atoms with Gasteiger partial charge in [0.2, 0.25) is 0 Å². The lowest BCUT2D eigenvalue weighted by Gasteiger charge is -2.11. The Morgan fingerprint density at radius 3 is 2.67 bits per heavy atom. The van der Waals surface area contributed by atoms with Gasteiger partial charge in [-0.1, -0.05) is 11.7 Å². The van der Waals surface area contributed by atoms with Crippen molar-refractivity contribution in [2.45, 2.75) is 0 Å². The largest absolute Gasteiger partial charge is 0.440 e. The molecule has 0 saturated carbocycles. The van der Waals surface area contributed by atoms with Gasteiger partial charge in [-0.15, -0.1) is 13.7 Å². The van der Waals surface area contributed by atoms with E-state index in [1.165, 1.54) is 6.07 Å². The predicted octanol–water partition coefficient (Wildman–Crippen LogP) is 0.397. The molecular formula is C6H4F2N2O4S. The van der Waals surface area contributed by atoms with Crippen LogP contribution < -0.4 is 10.8 Å². The fourth-order valence-electron chi connectivity index (χ4n) is 0.940. The molecule has 0 bridgehead atoms. The topological polar surface area (TPSA) is 67.9 Å². The molecule has 1 heterocycles. The highest BCUT2D eigenvalue weighted by atomic mass is 32.3. The highest BCUT2D eigenvalue weighted by Crippen LogP contribution is 2.23. The summed E-state index contributed by atoms with van der Waals surface area (Å²) in [6, 6.07) is 3.17. The number of anilines is 1. The summed E-state index contributed by atoms with van der Waals surface area (Å²) in [7, 11) is -4.25. The van der Waals surface area contributed by atoms with Gasteiger partial charge in [0.25, 0.3) is 0 Å². The van der Waals surface area contributed by atoms with Crippen molar-refractivity contribution >= 4 is 16.1 Å². The van der Waals surface area contributed by atoms with Gasteiger partial charge in [-0.05, 0) is 12.1 Å². The molecule has 0 amide bonds. The van der Waals surface area contributed by atoms with E-state index < -0.39 is 27.7 Å². The molecule has 6 nitrogen and oxygen atoms in total. The molecule has 1 aromatic carbocycles. The second-order valence-electron chi connectivity index (χ2n) is 2.52. The number of nitrogens with zero attached hydrogens (tertiary/aromatic N) is 1. The Labute approximate surface area is 83.2 Å². The van der Waals surface area contributed by atoms with Gasteiger partial charge < -0.3 is 0 Å². The van der Waals surface area contributed by atoms with Gasteiger partial charge >= 0.3 is 10.4 Å². The molecule has 0 aromatic heterocycles. The quantitative estimate of drug-likeness (QED) is 0.763. The van der Waals surface area contributed by atoms with Gasteiger partial charge in [0.15, 0.2) is 11.6 Å². The zero-order valence-corrected chi connectivity index (χ0v) is 7.79. The molecule has 82 valence electrons. The normalized spacial score (nSPS) is 19.5. The molecule has 2 rings (SSSR count). The molecule has 0 aliphatic carbocycles. The number of benzene rings is 1. The van der Waals surface area contributed by atoms with Crippen LogP contribution in [0.4, 0.5) is 14.5 Å². The number of hydrogen-bond acceptors (Lipinski definition) is 6. The predicted molar refractivity (Wildman–Crippen MR) is 43.1 cm³/mol. The van der Waals surface area contributed by atoms with Crippen LogP contribution >= 0.6 is 0 Å². The Bertz CT molecular complexity index is 492. The summed E-state index contributed by atoms with van der Waals surface area (Å²) in [4.78, 5) is 0. The van der Waals surface area contributed by atoms with E-state index in [1.54, 1.807) is 5.59 Å². The summed E-state index contributed by atoms with van der Waals surface area (Å²) >= 11 is 0. The Balaban J connectivity index is 2.36. The van der Waals surface area contributed by atoms with Crippen molar-refractivity contribution in [3.05, 3.63) is 29.8 Å². The maximum absolute atomic E-state index is 13.1. The van der Waals surface area contributed by atoms with Crippen molar-refractivity contribution in [2.75, 3.05) is 5.17 Å². The van der Waals surface area contributed by atoms with Gasteiger partial charge in [-0.3, -0.25) is 0 Å². The molecular weight excluding hydrogens is 234 g/mol. The third-order valence-corrected chi connectivity index (χ3v) is 2.15. The monoisotopic (exact) mass is 238 g/mol. The SMILES string of the molecule is O=S1(=O)ONN(c2cccc(F)c2F)O1. The Morgan fingerprint density at radius 2 is 2.07 bits per heavy atom. The standard InChI is InChI=1S/C6H4F2N2O4S/c7-4-2-1-3-5(6(4)8)10-9-13-15(11,12)14-10/h1-3,9H. The smallest absolute Gasteiger partial charge is 0.204 e. The van der Waals surface area contributed by atoms with Gasteiger partial charge in [-0.25, -0.2) is 8.78 Å². The third-order valence-electron chi connectivity index (χ3n) is 1.54. The zero-order valence-electron chi connectivity index (χ0n) is 6.98. The van der Waals surface area contributed by atoms with Crippen molar-refractivity contribution in [1.29, 1.82) is 0 Å². The number of nitrogens with one attached hydrogen (secondary N) is 1. The second-order valence-corrected chi connectivity index (χ2v) is 3.66. The highest BCUT2D eigenvalue weighted by molar-refractivity contribution is 7.82. The molecule has 0 radical (unpaired) electrons. The van der Waals surface area contributed by atoms with Crippen LogP contribution in [-0.2, 0) is 19.0 Å². The van der Waals surface area contributed by atoms with E-state index in [0.717, 1.165) is 12.1 Å². The molecule has 15 heavy (non-hydrogen) atoms. The van der Waals surface area contributed by atoms with Gasteiger partial charge in [-0.2, -0.15) is 8.42 Å². The molecule has 0 unspecified atom stereocenters. The minimum Gasteiger partial charge on any atom is -0.204 e. The number of rotatable bonds is 1. The fourth-order valence-corrected chi connectivity index (χ4v) is 1.42. The first kappa shape index (κ1) is 10.2. The van der Waals surface area contributed by atoms with Gasteiger partial charge in [0.05, 0.1) is 0 Å². The molecule has 1 N–H and O–H groups in total. The maximum atomic E-state index is 13.1. The van der Waals surface area contributed by atoms with Crippen molar-refractivity contribution in [1.82, 2.24) is 5.59 Å². The van der Waals surface area contributed by atoms with E-state index in [1.807, 2.05) is 0 Å². The van der Waals surface area contributed by atoms with Crippen molar-refractivity contribution < 1.29 is 25.8 Å². The van der Waals surface area contributed by atoms with E-state index in [2.05, 4.69) is 8.57 Å². The summed E-state index contributed by atoms with van der Waals surface area (Å²) < 4.78 is 55.2. The molecule has 1 saturated heterocycles. The Hall–Kier alpha value is -1.29. The van der Waals surface area contributed by atoms with E-state index in [-0.39, 0.29) is 0 Å². The lowest BCUT2D eigenvalue weighted by Crippen LogP contribution is -2.29. The first-order valence-corrected chi connectivity index (χ1v) is 4.96. The summed E-state index contributed by atoms with van der Waals surface area (Å²) in [6.07, 6.45) is 0. The molecule has 0 spiro atoms. The van der Waals surface area contributed by atoms with Crippen molar-refractivity contribution in [2.24, 2.45) is 0 Å². The van der Waals surface area contributed by atoms with Gasteiger partial charge in [0, 0.05) is 0 Å². The first-order chi connectivity index (χ1) is 6.99. The van der Waals surface area contributed by atoms with Crippen LogP contribution in [-0.4, -0.2) is 8.42 Å². The van der Waals surface area contributed by atoms with Crippen LogP contribution in [0, 0.1) is 11.6 Å². The summed E-state index contributed by atoms with van der Waals surface area (Å²) in [6.45, 7) is 0. The summed E-state index contributed by atoms with van der Waals surface area (Å²) in [5.74, 6) is -2.40. The number of hydrogen-bond donors (Lipinski definition) is 1. The summed E-state index contributed by atoms with van der Waals surface area (Å²) in [5, 5.41) is 0.355. The molecule has 1 aromatic rings. The van der Waals surface area contributed by atoms with Crippen molar-refractivity contribution in [3.63, 3.8) is 0 Å². The third kappa shape index (κ3) is 1.90. The summed E-state index contributed by atoms with van der Waals surface area (Å²) in [5.41, 5.74) is 1.30. The minimum atomic E-state index is -4.25. The van der Waals surface area contributed by atoms with Crippen LogP contribution in [0.3, 0.4) is 0 Å². The van der Waals surface area contributed by atoms with Crippen LogP contribution in [0.2, 0.25) is 0 Å². The van der Waals surface area contributed by atoms with Gasteiger partial charge in [0.1, 0.15) is 5.69 Å². The highest BCUT2D eigenvalue weighted by Gasteiger charge is 2.31. The Morgan fingerprint density at radius 1 is 1.33 bits per heavy atom. The lowest BCUT2D eigenvalue weighted by molar-refractivity contribution is 0.195. The Kier molecular flexibility index (Phi) is 2.31. The minimum absolute atomic E-state index is 0.355. The van der Waals surface area contributed by atoms with Crippen LogP contribution in [0.15, 0.2) is 18.2 Å². The average molecular weight is 238 g/mol. The molecule has 0 atom stereocenters. The number of halogens is 2. The molecule has 1 aliphatic rings. The van der Waals surface area contributed by atoms with Crippen LogP contribution in [0.5, 0.6) is 0 Å². The number of hydrazine groups is 1. The van der Waals surface area contributed by atoms with E-state index in [9.17, 15) is 17.2 Å². The van der Waals surface area contributed by atoms with Crippen LogP contribution in [0.1, 0.15) is 0 Å². The van der Waals surface area contributed by atoms with E-state index in [0.29, 0.717) is 5.17 Å². The lowest BCUT2D eigenvalue weighted by atomic mass is 10.3. The first-order valence-electron chi connectivity index (χ1n) is 3.62. The fraction of sp³-hybridized carbons (Fsp3) is 0. The van der Waals surface area contributed by atoms with E-state index in [4.69, 9.17) is 0 Å². The molecule has 1 aliphatic heterocycles. The van der Waals surface area contributed by atoms with Crippen molar-refractivity contribution in [3.8, 4) is 0 Å².